The Bertz CT molecular complexity index is 1360. The topological polar surface area (TPSA) is 129 Å². The number of methoxy groups -OCH3 is 1. The lowest BCUT2D eigenvalue weighted by molar-refractivity contribution is 0.0732. The van der Waals surface area contributed by atoms with Gasteiger partial charge < -0.3 is 15.0 Å². The van der Waals surface area contributed by atoms with Crippen molar-refractivity contribution in [3.63, 3.8) is 0 Å². The standard InChI is InChI=1S/C22H20ClN7O3/c1-33-19-5-3-14(23)8-13(19)10-24-21(31)20-15-6-7-30(11-18(15)25-28-20)22(32)12-2-4-16-17(9-12)27-29-26-16/h2-5,8-9H,6-7,10-11H2,1H3,(H,24,31)(H,25,28)(H,26,27,29). The second-order valence-corrected chi connectivity index (χ2v) is 8.11. The van der Waals surface area contributed by atoms with Crippen LogP contribution in [-0.2, 0) is 19.5 Å². The Morgan fingerprint density at radius 2 is 2.00 bits per heavy atom. The van der Waals surface area contributed by atoms with Crippen molar-refractivity contribution in [1.82, 2.24) is 35.8 Å². The van der Waals surface area contributed by atoms with E-state index in [2.05, 4.69) is 30.9 Å². The number of aromatic amines is 2. The van der Waals surface area contributed by atoms with Gasteiger partial charge in [0.05, 0.1) is 19.3 Å². The van der Waals surface area contributed by atoms with E-state index in [-0.39, 0.29) is 18.4 Å². The van der Waals surface area contributed by atoms with Crippen molar-refractivity contribution in [2.24, 2.45) is 0 Å². The van der Waals surface area contributed by atoms with Crippen LogP contribution in [0.15, 0.2) is 36.4 Å². The zero-order valence-corrected chi connectivity index (χ0v) is 18.4. The lowest BCUT2D eigenvalue weighted by atomic mass is 10.0. The number of ether oxygens (including phenoxy) is 1. The minimum Gasteiger partial charge on any atom is -0.496 e. The van der Waals surface area contributed by atoms with Gasteiger partial charge in [-0.1, -0.05) is 11.6 Å². The molecule has 0 radical (unpaired) electrons. The van der Waals surface area contributed by atoms with Crippen molar-refractivity contribution in [2.75, 3.05) is 13.7 Å². The minimum atomic E-state index is -0.300. The fourth-order valence-corrected chi connectivity index (χ4v) is 4.17. The van der Waals surface area contributed by atoms with Crippen molar-refractivity contribution in [3.05, 3.63) is 69.5 Å². The van der Waals surface area contributed by atoms with Gasteiger partial charge in [-0.25, -0.2) is 0 Å². The lowest BCUT2D eigenvalue weighted by Crippen LogP contribution is -2.36. The average molecular weight is 466 g/mol. The summed E-state index contributed by atoms with van der Waals surface area (Å²) in [5.74, 6) is 0.228. The molecule has 10 nitrogen and oxygen atoms in total. The zero-order valence-electron chi connectivity index (χ0n) is 17.7. The fourth-order valence-electron chi connectivity index (χ4n) is 3.98. The molecule has 0 aliphatic carbocycles. The smallest absolute Gasteiger partial charge is 0.272 e. The highest BCUT2D eigenvalue weighted by Crippen LogP contribution is 2.24. The van der Waals surface area contributed by atoms with Gasteiger partial charge in [0.2, 0.25) is 0 Å². The third-order valence-corrected chi connectivity index (χ3v) is 5.92. The molecule has 3 heterocycles. The van der Waals surface area contributed by atoms with Gasteiger partial charge in [-0.3, -0.25) is 14.7 Å². The maximum Gasteiger partial charge on any atom is 0.272 e. The molecular formula is C22H20ClN7O3. The van der Waals surface area contributed by atoms with E-state index in [0.29, 0.717) is 52.6 Å². The van der Waals surface area contributed by atoms with Crippen LogP contribution in [-0.4, -0.2) is 56.0 Å². The number of hydrogen-bond donors (Lipinski definition) is 3. The molecule has 3 N–H and O–H groups in total. The molecule has 33 heavy (non-hydrogen) atoms. The Kier molecular flexibility index (Phi) is 5.43. The number of aromatic nitrogens is 5. The molecule has 1 aliphatic heterocycles. The Morgan fingerprint density at radius 1 is 1.15 bits per heavy atom. The number of nitrogens with zero attached hydrogens (tertiary/aromatic N) is 4. The number of hydrogen-bond acceptors (Lipinski definition) is 6. The van der Waals surface area contributed by atoms with Crippen LogP contribution < -0.4 is 10.1 Å². The molecule has 2 amide bonds. The van der Waals surface area contributed by atoms with Crippen molar-refractivity contribution in [1.29, 1.82) is 0 Å². The zero-order chi connectivity index (χ0) is 22.9. The summed E-state index contributed by atoms with van der Waals surface area (Å²) in [6, 6.07) is 10.4. The highest BCUT2D eigenvalue weighted by Gasteiger charge is 2.28. The maximum absolute atomic E-state index is 13.0. The van der Waals surface area contributed by atoms with Gasteiger partial charge in [0, 0.05) is 34.8 Å². The van der Waals surface area contributed by atoms with E-state index in [1.807, 2.05) is 0 Å². The predicted molar refractivity (Wildman–Crippen MR) is 120 cm³/mol. The number of benzene rings is 2. The molecule has 0 saturated carbocycles. The summed E-state index contributed by atoms with van der Waals surface area (Å²) in [6.45, 7) is 1.07. The van der Waals surface area contributed by atoms with E-state index in [9.17, 15) is 9.59 Å². The number of fused-ring (bicyclic) bond motifs is 2. The van der Waals surface area contributed by atoms with Crippen LogP contribution in [0.2, 0.25) is 5.02 Å². The SMILES string of the molecule is COc1ccc(Cl)cc1CNC(=O)c1n[nH]c2c1CCN(C(=O)c1ccc3n[nH]nc3c1)C2. The first-order chi connectivity index (χ1) is 16.0. The lowest BCUT2D eigenvalue weighted by Gasteiger charge is -2.27. The van der Waals surface area contributed by atoms with E-state index in [1.165, 1.54) is 0 Å². The van der Waals surface area contributed by atoms with Crippen LogP contribution in [0.3, 0.4) is 0 Å². The van der Waals surface area contributed by atoms with Gasteiger partial charge in [-0.05, 0) is 42.8 Å². The summed E-state index contributed by atoms with van der Waals surface area (Å²) >= 11 is 6.06. The molecule has 0 fully saturated rings. The molecule has 2 aromatic heterocycles. The largest absolute Gasteiger partial charge is 0.496 e. The quantitative estimate of drug-likeness (QED) is 0.415. The Morgan fingerprint density at radius 3 is 2.85 bits per heavy atom. The molecule has 0 spiro atoms. The molecule has 4 aromatic rings. The highest BCUT2D eigenvalue weighted by atomic mass is 35.5. The molecular weight excluding hydrogens is 446 g/mol. The Labute approximate surface area is 193 Å². The fraction of sp³-hybridized carbons (Fsp3) is 0.227. The van der Waals surface area contributed by atoms with Crippen molar-refractivity contribution < 1.29 is 14.3 Å². The number of halogens is 1. The second kappa shape index (κ2) is 8.55. The first kappa shape index (κ1) is 21.0. The number of amides is 2. The number of nitrogens with one attached hydrogen (secondary N) is 3. The van der Waals surface area contributed by atoms with Crippen LogP contribution in [0.4, 0.5) is 0 Å². The van der Waals surface area contributed by atoms with E-state index < -0.39 is 0 Å². The summed E-state index contributed by atoms with van der Waals surface area (Å²) < 4.78 is 5.33. The van der Waals surface area contributed by atoms with Crippen LogP contribution >= 0.6 is 11.6 Å². The molecule has 168 valence electrons. The van der Waals surface area contributed by atoms with Crippen molar-refractivity contribution in [2.45, 2.75) is 19.5 Å². The van der Waals surface area contributed by atoms with Gasteiger partial charge in [-0.2, -0.15) is 20.5 Å². The second-order valence-electron chi connectivity index (χ2n) is 7.67. The molecule has 0 unspecified atom stereocenters. The van der Waals surface area contributed by atoms with Gasteiger partial charge in [0.1, 0.15) is 16.8 Å². The van der Waals surface area contributed by atoms with E-state index >= 15 is 0 Å². The van der Waals surface area contributed by atoms with Crippen molar-refractivity contribution >= 4 is 34.4 Å². The molecule has 2 aromatic carbocycles. The van der Waals surface area contributed by atoms with Gasteiger partial charge in [-0.15, -0.1) is 0 Å². The maximum atomic E-state index is 13.0. The molecule has 5 rings (SSSR count). The van der Waals surface area contributed by atoms with Crippen LogP contribution in [0.1, 0.15) is 37.7 Å². The number of carbonyl (C=O) groups excluding carboxylic acids is 2. The third kappa shape index (κ3) is 4.00. The third-order valence-electron chi connectivity index (χ3n) is 5.68. The van der Waals surface area contributed by atoms with Gasteiger partial charge >= 0.3 is 0 Å². The monoisotopic (exact) mass is 465 g/mol. The summed E-state index contributed by atoms with van der Waals surface area (Å²) in [7, 11) is 1.56. The first-order valence-corrected chi connectivity index (χ1v) is 10.7. The van der Waals surface area contributed by atoms with Crippen LogP contribution in [0.25, 0.3) is 11.0 Å². The van der Waals surface area contributed by atoms with Crippen LogP contribution in [0.5, 0.6) is 5.75 Å². The normalized spacial score (nSPS) is 13.1. The van der Waals surface area contributed by atoms with Gasteiger partial charge in [0.15, 0.2) is 5.69 Å². The van der Waals surface area contributed by atoms with E-state index in [0.717, 1.165) is 16.8 Å². The molecule has 0 saturated heterocycles. The Balaban J connectivity index is 1.28. The summed E-state index contributed by atoms with van der Waals surface area (Å²) in [6.07, 6.45) is 0.521. The Hall–Kier alpha value is -3.92. The number of rotatable bonds is 5. The predicted octanol–water partition coefficient (Wildman–Crippen LogP) is 2.47. The molecule has 11 heteroatoms. The first-order valence-electron chi connectivity index (χ1n) is 10.3. The molecule has 0 atom stereocenters. The number of H-pyrrole nitrogens is 2. The van der Waals surface area contributed by atoms with E-state index in [1.54, 1.807) is 48.4 Å². The van der Waals surface area contributed by atoms with Gasteiger partial charge in [0.25, 0.3) is 11.8 Å². The average Bonchev–Trinajstić information content (AvgIpc) is 3.48. The number of carbonyl (C=O) groups is 2. The minimum absolute atomic E-state index is 0.112. The van der Waals surface area contributed by atoms with E-state index in [4.69, 9.17) is 16.3 Å². The summed E-state index contributed by atoms with van der Waals surface area (Å²) in [5, 5.41) is 21.2. The molecule has 1 aliphatic rings. The van der Waals surface area contributed by atoms with Crippen LogP contribution in [0, 0.1) is 0 Å². The summed E-state index contributed by atoms with van der Waals surface area (Å²) in [4.78, 5) is 27.5. The van der Waals surface area contributed by atoms with Crippen molar-refractivity contribution in [3.8, 4) is 5.75 Å². The molecule has 0 bridgehead atoms. The highest BCUT2D eigenvalue weighted by molar-refractivity contribution is 6.30. The summed E-state index contributed by atoms with van der Waals surface area (Å²) in [5.41, 5.74) is 4.55.